The molecule has 0 spiro atoms. The highest BCUT2D eigenvalue weighted by atomic mass is 16.2. The second-order valence-electron chi connectivity index (χ2n) is 5.36. The van der Waals surface area contributed by atoms with Crippen LogP contribution in [0.2, 0.25) is 0 Å². The Bertz CT molecular complexity index is 232. The monoisotopic (exact) mass is 224 g/mol. The highest BCUT2D eigenvalue weighted by Gasteiger charge is 2.24. The minimum Gasteiger partial charge on any atom is -0.352 e. The van der Waals surface area contributed by atoms with Crippen LogP contribution in [-0.2, 0) is 4.79 Å². The minimum atomic E-state index is -0.0211. The van der Waals surface area contributed by atoms with Gasteiger partial charge in [0, 0.05) is 12.1 Å². The van der Waals surface area contributed by atoms with Gasteiger partial charge >= 0.3 is 0 Å². The van der Waals surface area contributed by atoms with Crippen molar-refractivity contribution in [3.63, 3.8) is 0 Å². The Morgan fingerprint density at radius 2 is 1.62 bits per heavy atom. The molecular formula is C13H24N2O. The first-order valence-corrected chi connectivity index (χ1v) is 6.82. The second-order valence-corrected chi connectivity index (χ2v) is 5.36. The number of hydrogen-bond donors (Lipinski definition) is 2. The molecule has 2 saturated carbocycles. The summed E-state index contributed by atoms with van der Waals surface area (Å²) in [7, 11) is 0. The standard InChI is InChI=1S/C13H24N2O/c1-10(14-11-8-5-9-11)13(16)15-12-6-3-2-4-7-12/h10-12,14H,2-9H2,1H3,(H,15,16). The van der Waals surface area contributed by atoms with E-state index in [1.807, 2.05) is 6.92 Å². The fraction of sp³-hybridized carbons (Fsp3) is 0.923. The van der Waals surface area contributed by atoms with Crippen molar-refractivity contribution in [2.45, 2.75) is 76.4 Å². The van der Waals surface area contributed by atoms with E-state index in [1.54, 1.807) is 0 Å². The van der Waals surface area contributed by atoms with E-state index in [2.05, 4.69) is 10.6 Å². The molecule has 0 heterocycles. The third-order valence-corrected chi connectivity index (χ3v) is 3.94. The SMILES string of the molecule is CC(NC1CCC1)C(=O)NC1CCCCC1. The van der Waals surface area contributed by atoms with E-state index in [9.17, 15) is 4.79 Å². The van der Waals surface area contributed by atoms with Gasteiger partial charge in [-0.05, 0) is 32.6 Å². The lowest BCUT2D eigenvalue weighted by Crippen LogP contribution is -2.51. The smallest absolute Gasteiger partial charge is 0.237 e. The molecule has 1 atom stereocenters. The maximum atomic E-state index is 11.9. The van der Waals surface area contributed by atoms with Crippen LogP contribution in [0.4, 0.5) is 0 Å². The fourth-order valence-electron chi connectivity index (χ4n) is 2.58. The van der Waals surface area contributed by atoms with E-state index in [-0.39, 0.29) is 11.9 Å². The summed E-state index contributed by atoms with van der Waals surface area (Å²) in [5, 5.41) is 6.56. The van der Waals surface area contributed by atoms with E-state index >= 15 is 0 Å². The molecule has 1 amide bonds. The van der Waals surface area contributed by atoms with Gasteiger partial charge in [-0.3, -0.25) is 4.79 Å². The van der Waals surface area contributed by atoms with Crippen molar-refractivity contribution in [1.82, 2.24) is 10.6 Å². The molecule has 0 aromatic rings. The molecule has 0 aliphatic heterocycles. The van der Waals surface area contributed by atoms with Crippen LogP contribution in [0.1, 0.15) is 58.3 Å². The van der Waals surface area contributed by atoms with Gasteiger partial charge in [-0.15, -0.1) is 0 Å². The first-order chi connectivity index (χ1) is 7.75. The molecule has 92 valence electrons. The Kier molecular flexibility index (Phi) is 4.22. The normalized spacial score (nSPS) is 24.8. The Morgan fingerprint density at radius 1 is 1.00 bits per heavy atom. The number of carbonyl (C=O) groups is 1. The van der Waals surface area contributed by atoms with Crippen LogP contribution in [0.25, 0.3) is 0 Å². The van der Waals surface area contributed by atoms with Crippen molar-refractivity contribution in [2.24, 2.45) is 0 Å². The number of carbonyl (C=O) groups excluding carboxylic acids is 1. The maximum Gasteiger partial charge on any atom is 0.237 e. The fourth-order valence-corrected chi connectivity index (χ4v) is 2.58. The molecule has 2 N–H and O–H groups in total. The lowest BCUT2D eigenvalue weighted by molar-refractivity contribution is -0.124. The van der Waals surface area contributed by atoms with E-state index in [0.29, 0.717) is 12.1 Å². The zero-order valence-electron chi connectivity index (χ0n) is 10.3. The highest BCUT2D eigenvalue weighted by molar-refractivity contribution is 5.81. The summed E-state index contributed by atoms with van der Waals surface area (Å²) >= 11 is 0. The average Bonchev–Trinajstić information content (AvgIpc) is 2.24. The van der Waals surface area contributed by atoms with Crippen LogP contribution >= 0.6 is 0 Å². The van der Waals surface area contributed by atoms with Gasteiger partial charge < -0.3 is 10.6 Å². The maximum absolute atomic E-state index is 11.9. The molecule has 2 fully saturated rings. The van der Waals surface area contributed by atoms with Crippen LogP contribution in [0.15, 0.2) is 0 Å². The number of rotatable bonds is 4. The molecule has 2 aliphatic carbocycles. The summed E-state index contributed by atoms with van der Waals surface area (Å²) in [5.41, 5.74) is 0. The predicted octanol–water partition coefficient (Wildman–Crippen LogP) is 1.97. The summed E-state index contributed by atoms with van der Waals surface area (Å²) in [6.07, 6.45) is 10.0. The highest BCUT2D eigenvalue weighted by Crippen LogP contribution is 2.19. The summed E-state index contributed by atoms with van der Waals surface area (Å²) in [4.78, 5) is 11.9. The molecule has 16 heavy (non-hydrogen) atoms. The minimum absolute atomic E-state index is 0.0211. The van der Waals surface area contributed by atoms with Gasteiger partial charge in [-0.1, -0.05) is 25.7 Å². The summed E-state index contributed by atoms with van der Waals surface area (Å²) in [5.74, 6) is 0.193. The summed E-state index contributed by atoms with van der Waals surface area (Å²) in [6.45, 7) is 1.98. The zero-order valence-corrected chi connectivity index (χ0v) is 10.3. The summed E-state index contributed by atoms with van der Waals surface area (Å²) in [6, 6.07) is 1.01. The van der Waals surface area contributed by atoms with Gasteiger partial charge in [0.2, 0.25) is 5.91 Å². The predicted molar refractivity (Wildman–Crippen MR) is 65.3 cm³/mol. The van der Waals surface area contributed by atoms with Crippen molar-refractivity contribution in [2.75, 3.05) is 0 Å². The van der Waals surface area contributed by atoms with E-state index in [0.717, 1.165) is 0 Å². The topological polar surface area (TPSA) is 41.1 Å². The van der Waals surface area contributed by atoms with Crippen molar-refractivity contribution in [3.8, 4) is 0 Å². The quantitative estimate of drug-likeness (QED) is 0.766. The largest absolute Gasteiger partial charge is 0.352 e. The molecular weight excluding hydrogens is 200 g/mol. The van der Waals surface area contributed by atoms with Crippen LogP contribution in [0, 0.1) is 0 Å². The molecule has 0 saturated heterocycles. The first-order valence-electron chi connectivity index (χ1n) is 6.82. The Balaban J connectivity index is 1.68. The Morgan fingerprint density at radius 3 is 2.19 bits per heavy atom. The van der Waals surface area contributed by atoms with Gasteiger partial charge in [0.25, 0.3) is 0 Å². The van der Waals surface area contributed by atoms with E-state index < -0.39 is 0 Å². The third kappa shape index (κ3) is 3.21. The molecule has 2 aliphatic rings. The Hall–Kier alpha value is -0.570. The van der Waals surface area contributed by atoms with Crippen molar-refractivity contribution < 1.29 is 4.79 Å². The summed E-state index contributed by atoms with van der Waals surface area (Å²) < 4.78 is 0. The van der Waals surface area contributed by atoms with E-state index in [1.165, 1.54) is 51.4 Å². The van der Waals surface area contributed by atoms with Crippen LogP contribution in [-0.4, -0.2) is 24.0 Å². The van der Waals surface area contributed by atoms with E-state index in [4.69, 9.17) is 0 Å². The number of hydrogen-bond acceptors (Lipinski definition) is 2. The van der Waals surface area contributed by atoms with Gasteiger partial charge in [0.15, 0.2) is 0 Å². The van der Waals surface area contributed by atoms with Gasteiger partial charge in [-0.2, -0.15) is 0 Å². The van der Waals surface area contributed by atoms with Crippen molar-refractivity contribution in [3.05, 3.63) is 0 Å². The lowest BCUT2D eigenvalue weighted by Gasteiger charge is -2.31. The van der Waals surface area contributed by atoms with Gasteiger partial charge in [0.05, 0.1) is 6.04 Å². The van der Waals surface area contributed by atoms with Crippen LogP contribution in [0.5, 0.6) is 0 Å². The van der Waals surface area contributed by atoms with Crippen LogP contribution in [0.3, 0.4) is 0 Å². The second kappa shape index (κ2) is 5.67. The Labute approximate surface area is 98.4 Å². The molecule has 0 aromatic carbocycles. The number of nitrogens with one attached hydrogen (secondary N) is 2. The molecule has 0 bridgehead atoms. The molecule has 0 aromatic heterocycles. The van der Waals surface area contributed by atoms with Gasteiger partial charge in [-0.25, -0.2) is 0 Å². The van der Waals surface area contributed by atoms with Crippen molar-refractivity contribution in [1.29, 1.82) is 0 Å². The lowest BCUT2D eigenvalue weighted by atomic mass is 9.92. The van der Waals surface area contributed by atoms with Crippen molar-refractivity contribution >= 4 is 5.91 Å². The first kappa shape index (κ1) is 11.9. The zero-order chi connectivity index (χ0) is 11.4. The molecule has 1 unspecified atom stereocenters. The number of amides is 1. The molecule has 3 nitrogen and oxygen atoms in total. The molecule has 0 radical (unpaired) electrons. The van der Waals surface area contributed by atoms with Gasteiger partial charge in [0.1, 0.15) is 0 Å². The molecule has 2 rings (SSSR count). The third-order valence-electron chi connectivity index (χ3n) is 3.94. The molecule has 3 heteroatoms. The van der Waals surface area contributed by atoms with Crippen LogP contribution < -0.4 is 10.6 Å². The average molecular weight is 224 g/mol.